The monoisotopic (exact) mass is 519 g/mol. The van der Waals surface area contributed by atoms with Gasteiger partial charge in [-0.15, -0.1) is 37.2 Å². The number of benzene rings is 1. The Balaban J connectivity index is 0.00000181. The van der Waals surface area contributed by atoms with Gasteiger partial charge in [-0.05, 0) is 68.7 Å². The molecule has 0 amide bonds. The first-order valence-electron chi connectivity index (χ1n) is 10.9. The molecule has 0 bridgehead atoms. The van der Waals surface area contributed by atoms with Crippen LogP contribution >= 0.6 is 37.2 Å². The summed E-state index contributed by atoms with van der Waals surface area (Å²) in [6.07, 6.45) is 6.38. The second-order valence-corrected chi connectivity index (χ2v) is 8.32. The van der Waals surface area contributed by atoms with Gasteiger partial charge in [0.1, 0.15) is 5.82 Å². The minimum atomic E-state index is -0.298. The highest BCUT2D eigenvalue weighted by atomic mass is 35.5. The highest BCUT2D eigenvalue weighted by Gasteiger charge is 2.25. The molecule has 184 valence electrons. The number of likely N-dealkylation sites (tertiary alicyclic amines) is 1. The molecule has 2 aromatic rings. The molecule has 0 saturated carbocycles. The van der Waals surface area contributed by atoms with Crippen molar-refractivity contribution in [2.75, 3.05) is 57.3 Å². The third kappa shape index (κ3) is 8.65. The third-order valence-electron chi connectivity index (χ3n) is 6.17. The molecular weight excluding hydrogens is 488 g/mol. The fourth-order valence-electron chi connectivity index (χ4n) is 4.44. The fraction of sp³-hybridized carbons (Fsp3) is 0.522. The Morgan fingerprint density at radius 3 is 2.21 bits per heavy atom. The lowest BCUT2D eigenvalue weighted by atomic mass is 9.97. The number of aromatic nitrogens is 2. The van der Waals surface area contributed by atoms with Gasteiger partial charge in [-0.1, -0.05) is 0 Å². The number of piperazine rings is 1. The van der Waals surface area contributed by atoms with Crippen LogP contribution in [-0.4, -0.2) is 77.9 Å². The molecule has 3 heterocycles. The van der Waals surface area contributed by atoms with Gasteiger partial charge < -0.3 is 9.80 Å². The Morgan fingerprint density at radius 2 is 1.55 bits per heavy atom. The molecule has 2 fully saturated rings. The summed E-state index contributed by atoms with van der Waals surface area (Å²) in [5, 5.41) is 0. The summed E-state index contributed by atoms with van der Waals surface area (Å²) in [7, 11) is 0. The van der Waals surface area contributed by atoms with Crippen LogP contribution in [0.15, 0.2) is 42.7 Å². The van der Waals surface area contributed by atoms with Gasteiger partial charge in [0.2, 0.25) is 5.95 Å². The van der Waals surface area contributed by atoms with E-state index in [-0.39, 0.29) is 48.8 Å². The van der Waals surface area contributed by atoms with E-state index in [0.29, 0.717) is 17.9 Å². The van der Waals surface area contributed by atoms with Gasteiger partial charge in [0.25, 0.3) is 0 Å². The second kappa shape index (κ2) is 14.7. The first-order valence-corrected chi connectivity index (χ1v) is 10.9. The van der Waals surface area contributed by atoms with Crippen molar-refractivity contribution < 1.29 is 9.18 Å². The molecule has 33 heavy (non-hydrogen) atoms. The molecule has 0 spiro atoms. The van der Waals surface area contributed by atoms with E-state index < -0.39 is 0 Å². The van der Waals surface area contributed by atoms with E-state index >= 15 is 0 Å². The van der Waals surface area contributed by atoms with Crippen molar-refractivity contribution >= 4 is 49.0 Å². The van der Waals surface area contributed by atoms with E-state index in [1.54, 1.807) is 24.5 Å². The van der Waals surface area contributed by atoms with Crippen molar-refractivity contribution in [3.63, 3.8) is 0 Å². The van der Waals surface area contributed by atoms with Crippen LogP contribution in [0, 0.1) is 11.7 Å². The lowest BCUT2D eigenvalue weighted by Crippen LogP contribution is -2.47. The van der Waals surface area contributed by atoms with Crippen LogP contribution in [0.1, 0.15) is 29.6 Å². The van der Waals surface area contributed by atoms with Gasteiger partial charge in [0.15, 0.2) is 5.78 Å². The normalized spacial score (nSPS) is 18.7. The standard InChI is InChI=1S/C23H30FN5O.3ClH/c24-21-5-3-20(4-6-21)22(30)17-19-7-12-28(18-19)11-2-10-27-13-15-29(16-14-27)23-25-8-1-9-26-23;;;/h1,3-6,8-9,19H,2,7,10-18H2;3*1H. The maximum Gasteiger partial charge on any atom is 0.225 e. The molecular formula is C23H33Cl3FN5O. The van der Waals surface area contributed by atoms with E-state index in [0.717, 1.165) is 71.1 Å². The van der Waals surface area contributed by atoms with Gasteiger partial charge in [0.05, 0.1) is 0 Å². The number of rotatable bonds is 8. The number of Topliss-reactive ketones (excluding diaryl/α,β-unsaturated/α-hetero) is 1. The fourth-order valence-corrected chi connectivity index (χ4v) is 4.44. The largest absolute Gasteiger partial charge is 0.338 e. The average Bonchev–Trinajstić information content (AvgIpc) is 3.22. The maximum absolute atomic E-state index is 13.0. The molecule has 2 aliphatic rings. The zero-order chi connectivity index (χ0) is 20.8. The van der Waals surface area contributed by atoms with Crippen molar-refractivity contribution in [3.05, 3.63) is 54.1 Å². The smallest absolute Gasteiger partial charge is 0.225 e. The van der Waals surface area contributed by atoms with Crippen LogP contribution in [0.4, 0.5) is 10.3 Å². The van der Waals surface area contributed by atoms with Crippen molar-refractivity contribution in [2.45, 2.75) is 19.3 Å². The highest BCUT2D eigenvalue weighted by Crippen LogP contribution is 2.22. The molecule has 1 unspecified atom stereocenters. The first-order chi connectivity index (χ1) is 14.7. The average molecular weight is 521 g/mol. The summed E-state index contributed by atoms with van der Waals surface area (Å²) in [5.41, 5.74) is 0.620. The van der Waals surface area contributed by atoms with Crippen LogP contribution in [0.3, 0.4) is 0 Å². The molecule has 6 nitrogen and oxygen atoms in total. The van der Waals surface area contributed by atoms with Gasteiger partial charge >= 0.3 is 0 Å². The van der Waals surface area contributed by atoms with Gasteiger partial charge in [-0.3, -0.25) is 9.69 Å². The molecule has 0 aliphatic carbocycles. The minimum absolute atomic E-state index is 0. The quantitative estimate of drug-likeness (QED) is 0.491. The number of hydrogen-bond donors (Lipinski definition) is 0. The number of ketones is 1. The maximum atomic E-state index is 13.0. The molecule has 4 rings (SSSR count). The van der Waals surface area contributed by atoms with E-state index in [2.05, 4.69) is 24.7 Å². The number of hydrogen-bond acceptors (Lipinski definition) is 6. The molecule has 1 aromatic heterocycles. The van der Waals surface area contributed by atoms with Gasteiger partial charge in [-0.25, -0.2) is 14.4 Å². The summed E-state index contributed by atoms with van der Waals surface area (Å²) in [6, 6.07) is 7.76. The first kappa shape index (κ1) is 29.5. The van der Waals surface area contributed by atoms with E-state index in [4.69, 9.17) is 0 Å². The highest BCUT2D eigenvalue weighted by molar-refractivity contribution is 5.96. The summed E-state index contributed by atoms with van der Waals surface area (Å²) < 4.78 is 13.0. The Labute approximate surface area is 214 Å². The zero-order valence-electron chi connectivity index (χ0n) is 18.6. The molecule has 0 N–H and O–H groups in total. The van der Waals surface area contributed by atoms with Crippen molar-refractivity contribution in [1.29, 1.82) is 0 Å². The third-order valence-corrected chi connectivity index (χ3v) is 6.17. The van der Waals surface area contributed by atoms with Gasteiger partial charge in [0, 0.05) is 57.1 Å². The van der Waals surface area contributed by atoms with Crippen LogP contribution < -0.4 is 4.90 Å². The number of carbonyl (C=O) groups is 1. The summed E-state index contributed by atoms with van der Waals surface area (Å²) in [4.78, 5) is 28.3. The minimum Gasteiger partial charge on any atom is -0.338 e. The van der Waals surface area contributed by atoms with E-state index in [9.17, 15) is 9.18 Å². The Bertz CT molecular complexity index is 823. The summed E-state index contributed by atoms with van der Waals surface area (Å²) >= 11 is 0. The van der Waals surface area contributed by atoms with Crippen molar-refractivity contribution in [2.24, 2.45) is 5.92 Å². The zero-order valence-corrected chi connectivity index (χ0v) is 21.1. The molecule has 2 saturated heterocycles. The predicted octanol–water partition coefficient (Wildman–Crippen LogP) is 3.99. The number of halogens is 4. The van der Waals surface area contributed by atoms with E-state index in [1.807, 2.05) is 6.07 Å². The molecule has 1 atom stereocenters. The lowest BCUT2D eigenvalue weighted by Gasteiger charge is -2.34. The topological polar surface area (TPSA) is 52.6 Å². The van der Waals surface area contributed by atoms with E-state index in [1.165, 1.54) is 12.1 Å². The lowest BCUT2D eigenvalue weighted by molar-refractivity contribution is 0.0962. The summed E-state index contributed by atoms with van der Waals surface area (Å²) in [6.45, 7) is 8.30. The Hall–Kier alpha value is -1.51. The predicted molar refractivity (Wildman–Crippen MR) is 137 cm³/mol. The van der Waals surface area contributed by atoms with Crippen molar-refractivity contribution in [3.8, 4) is 0 Å². The molecule has 0 radical (unpaired) electrons. The Morgan fingerprint density at radius 1 is 0.909 bits per heavy atom. The molecule has 1 aromatic carbocycles. The van der Waals surface area contributed by atoms with Gasteiger partial charge in [-0.2, -0.15) is 0 Å². The van der Waals surface area contributed by atoms with Crippen LogP contribution in [0.25, 0.3) is 0 Å². The summed E-state index contributed by atoms with van der Waals surface area (Å²) in [5.74, 6) is 1.07. The molecule has 10 heteroatoms. The SMILES string of the molecule is Cl.Cl.Cl.O=C(CC1CCN(CCCN2CCN(c3ncccn3)CC2)C1)c1ccc(F)cc1. The number of anilines is 1. The van der Waals surface area contributed by atoms with Crippen molar-refractivity contribution in [1.82, 2.24) is 19.8 Å². The van der Waals surface area contributed by atoms with Crippen LogP contribution in [0.5, 0.6) is 0 Å². The Kier molecular flexibility index (Phi) is 13.1. The number of nitrogens with zero attached hydrogens (tertiary/aromatic N) is 5. The van der Waals surface area contributed by atoms with Crippen LogP contribution in [0.2, 0.25) is 0 Å². The molecule has 2 aliphatic heterocycles. The number of carbonyl (C=O) groups excluding carboxylic acids is 1. The second-order valence-electron chi connectivity index (χ2n) is 8.32. The van der Waals surface area contributed by atoms with Crippen LogP contribution in [-0.2, 0) is 0 Å².